The van der Waals surface area contributed by atoms with Gasteiger partial charge in [-0.05, 0) is 121 Å². The van der Waals surface area contributed by atoms with Gasteiger partial charge < -0.3 is 5.43 Å². The van der Waals surface area contributed by atoms with E-state index in [2.05, 4.69) is 99.6 Å². The monoisotopic (exact) mass is 1330 g/mol. The molecule has 0 atom stereocenters. The predicted octanol–water partition coefficient (Wildman–Crippen LogP) is 30.0. The molecule has 0 spiro atoms. The van der Waals surface area contributed by atoms with Crippen molar-refractivity contribution >= 4 is 42.8 Å². The van der Waals surface area contributed by atoms with E-state index in [0.717, 1.165) is 107 Å². The van der Waals surface area contributed by atoms with Gasteiger partial charge in [0, 0.05) is 68.9 Å². The van der Waals surface area contributed by atoms with E-state index in [1.165, 1.54) is 93.6 Å². The predicted molar refractivity (Wildman–Crippen MR) is 457 cm³/mol. The Morgan fingerprint density at radius 2 is 0.713 bits per heavy atom. The summed E-state index contributed by atoms with van der Waals surface area (Å²) in [6.45, 7) is 98.2. The molecular weight excluding hydrogens is 1150 g/mol. The maximum absolute atomic E-state index is 10.3. The Kier molecular flexibility index (Phi) is 261. The molecule has 0 aromatic carbocycles. The van der Waals surface area contributed by atoms with E-state index >= 15 is 0 Å². The lowest BCUT2D eigenvalue weighted by Gasteiger charge is -2.10. The number of ketones is 2. The molecule has 0 aromatic rings. The second kappa shape index (κ2) is 179. The SMILES string of the molecule is C1=NCCNN1.C=C1C=CCC1.C=C1C=CCCC1.C=C1C=NCC1.C=C1CCC=N1.C=C1CCCC=N1.C=C1CCCCC1.CC.CC.CC.CC.CC.CC.CC.CC.CC.CC.CC.CC.CC.CC.CC.CC.CC.CC.O=C1C=NCCC1.O=C1CCCC1. The van der Waals surface area contributed by atoms with E-state index in [9.17, 15) is 9.59 Å². The van der Waals surface area contributed by atoms with Crippen molar-refractivity contribution in [2.45, 2.75) is 391 Å². The van der Waals surface area contributed by atoms with Crippen LogP contribution in [0, 0.1) is 0 Å². The number of nitrogens with zero attached hydrogens (tertiary/aromatic N) is 5. The third-order valence-corrected chi connectivity index (χ3v) is 9.24. The first kappa shape index (κ1) is 137. The number of carbonyl (C=O) groups is 2. The minimum absolute atomic E-state index is 0.172. The third-order valence-electron chi connectivity index (χ3n) is 9.24. The molecular formula is C85H183N7O2. The van der Waals surface area contributed by atoms with E-state index < -0.39 is 0 Å². The van der Waals surface area contributed by atoms with E-state index in [0.29, 0.717) is 12.2 Å². The molecule has 4 aliphatic carbocycles. The minimum Gasteiger partial charge on any atom is -0.312 e. The van der Waals surface area contributed by atoms with Crippen molar-refractivity contribution in [3.05, 3.63) is 97.5 Å². The lowest BCUT2D eigenvalue weighted by molar-refractivity contribution is -0.117. The Bertz CT molecular complexity index is 1350. The number of carbonyl (C=O) groups excluding carboxylic acids is 2. The molecule has 570 valence electrons. The van der Waals surface area contributed by atoms with Gasteiger partial charge in [-0.2, -0.15) is 0 Å². The van der Waals surface area contributed by atoms with Crippen LogP contribution in [0.3, 0.4) is 0 Å². The molecule has 9 aliphatic rings. The van der Waals surface area contributed by atoms with Crippen LogP contribution >= 0.6 is 0 Å². The summed E-state index contributed by atoms with van der Waals surface area (Å²) in [7, 11) is 0. The first-order chi connectivity index (χ1) is 46.2. The number of hydrogen-bond donors (Lipinski definition) is 2. The standard InChI is InChI=1S/C7H12.C7H10.C6H9N.C6H8.C5H7NO.2C5H7N.C5H8O.C3H7N3.18C2H6/c2*1-7-5-3-2-4-6-7;1-6-4-2-3-5-7-6;1-6-4-2-3-5-6;7-5-2-1-3-6-4-5;1-5-2-3-6-4-5;1-5-3-2-4-6-5;6-5-3-1-2-4-5;1-2-5-6-3-4-1;18*1-2/h1-6H2;3,5H,1-2,4,6H2;5H,1-4H2;2,4H,1,3,5H2;4H,1-3H2;2*4H,1-3H2;1-4H2;3,5H,1-2H2,(H,4,6);18*1-2H3. The van der Waals surface area contributed by atoms with Crippen molar-refractivity contribution in [3.8, 4) is 0 Å². The Morgan fingerprint density at radius 1 is 0.319 bits per heavy atom. The average Bonchev–Trinajstić information content (AvgIpc) is 4.71. The highest BCUT2D eigenvalue weighted by Crippen LogP contribution is 2.20. The fourth-order valence-electron chi connectivity index (χ4n) is 5.74. The van der Waals surface area contributed by atoms with Crippen LogP contribution in [0.25, 0.3) is 0 Å². The van der Waals surface area contributed by atoms with Gasteiger partial charge in [0.1, 0.15) is 5.78 Å². The molecule has 0 unspecified atom stereocenters. The van der Waals surface area contributed by atoms with Gasteiger partial charge in [0.05, 0.1) is 19.1 Å². The van der Waals surface area contributed by atoms with Gasteiger partial charge in [0.25, 0.3) is 0 Å². The van der Waals surface area contributed by atoms with Crippen LogP contribution in [0.2, 0.25) is 0 Å². The van der Waals surface area contributed by atoms with Gasteiger partial charge in [-0.1, -0.05) is 336 Å². The van der Waals surface area contributed by atoms with Crippen molar-refractivity contribution in [1.82, 2.24) is 10.9 Å². The maximum atomic E-state index is 10.3. The van der Waals surface area contributed by atoms with Crippen molar-refractivity contribution in [2.24, 2.45) is 25.0 Å². The highest BCUT2D eigenvalue weighted by molar-refractivity contribution is 6.27. The van der Waals surface area contributed by atoms with Crippen molar-refractivity contribution < 1.29 is 9.59 Å². The molecule has 5 heterocycles. The highest BCUT2D eigenvalue weighted by atomic mass is 16.1. The van der Waals surface area contributed by atoms with E-state index in [1.807, 2.05) is 268 Å². The lowest BCUT2D eigenvalue weighted by Crippen LogP contribution is -2.36. The minimum atomic E-state index is 0.172. The van der Waals surface area contributed by atoms with Crippen LogP contribution < -0.4 is 10.9 Å². The van der Waals surface area contributed by atoms with Crippen LogP contribution in [0.5, 0.6) is 0 Å². The third kappa shape index (κ3) is 173. The maximum Gasteiger partial charge on any atom is 0.173 e. The topological polar surface area (TPSA) is 120 Å². The fraction of sp³-hybridized carbons (Fsp3) is 0.729. The number of rotatable bonds is 0. The molecule has 0 saturated heterocycles. The summed E-state index contributed by atoms with van der Waals surface area (Å²) in [6.07, 6.45) is 42.5. The number of nitrogens with one attached hydrogen (secondary N) is 2. The molecule has 0 aromatic heterocycles. The van der Waals surface area contributed by atoms with E-state index in [1.54, 1.807) is 6.34 Å². The molecule has 0 amide bonds. The number of aliphatic imine (C=N–C) groups is 5. The molecule has 9 nitrogen and oxygen atoms in total. The van der Waals surface area contributed by atoms with E-state index in [4.69, 9.17) is 0 Å². The Balaban J connectivity index is -0.0000000408. The van der Waals surface area contributed by atoms with Crippen LogP contribution in [0.1, 0.15) is 391 Å². The fourth-order valence-corrected chi connectivity index (χ4v) is 5.74. The zero-order chi connectivity index (χ0) is 78.3. The zero-order valence-corrected chi connectivity index (χ0v) is 71.9. The first-order valence-corrected chi connectivity index (χ1v) is 39.6. The van der Waals surface area contributed by atoms with Crippen LogP contribution in [0.15, 0.2) is 122 Å². The van der Waals surface area contributed by atoms with Crippen molar-refractivity contribution in [1.29, 1.82) is 0 Å². The van der Waals surface area contributed by atoms with Gasteiger partial charge in [0.15, 0.2) is 5.78 Å². The van der Waals surface area contributed by atoms with E-state index in [-0.39, 0.29) is 5.78 Å². The second-order valence-corrected chi connectivity index (χ2v) is 15.0. The molecule has 94 heavy (non-hydrogen) atoms. The van der Waals surface area contributed by atoms with Gasteiger partial charge in [-0.25, -0.2) is 5.43 Å². The number of hydrazine groups is 1. The number of hydrogen-bond acceptors (Lipinski definition) is 9. The summed E-state index contributed by atoms with van der Waals surface area (Å²) in [4.78, 5) is 40.1. The van der Waals surface area contributed by atoms with Crippen LogP contribution in [-0.2, 0) is 9.59 Å². The zero-order valence-electron chi connectivity index (χ0n) is 71.9. The molecule has 5 aliphatic heterocycles. The summed E-state index contributed by atoms with van der Waals surface area (Å²) >= 11 is 0. The summed E-state index contributed by atoms with van der Waals surface area (Å²) < 4.78 is 0. The molecule has 2 saturated carbocycles. The molecule has 2 fully saturated rings. The molecule has 0 radical (unpaired) electrons. The highest BCUT2D eigenvalue weighted by Gasteiger charge is 2.07. The normalized spacial score (nSPS) is 13.8. The van der Waals surface area contributed by atoms with Gasteiger partial charge in [-0.15, -0.1) is 0 Å². The van der Waals surface area contributed by atoms with Crippen molar-refractivity contribution in [2.75, 3.05) is 26.2 Å². The molecule has 2 N–H and O–H groups in total. The Morgan fingerprint density at radius 3 is 0.851 bits per heavy atom. The summed E-state index contributed by atoms with van der Waals surface area (Å²) in [5.74, 6) is 0.626. The number of allylic oxidation sites excluding steroid dienone is 9. The quantitative estimate of drug-likeness (QED) is 0.235. The average molecular weight is 1340 g/mol. The van der Waals surface area contributed by atoms with Crippen LogP contribution in [-0.4, -0.2) is 68.9 Å². The second-order valence-electron chi connectivity index (χ2n) is 15.0. The molecule has 0 bridgehead atoms. The molecule has 9 heteroatoms. The van der Waals surface area contributed by atoms with Crippen LogP contribution in [0.4, 0.5) is 0 Å². The molecule has 9 rings (SSSR count). The Hall–Kier alpha value is -4.63. The van der Waals surface area contributed by atoms with Gasteiger partial charge >= 0.3 is 0 Å². The van der Waals surface area contributed by atoms with Gasteiger partial charge in [0.2, 0.25) is 0 Å². The number of Topliss-reactive ketones (excluding diaryl/α,β-unsaturated/α-hetero) is 2. The summed E-state index contributed by atoms with van der Waals surface area (Å²) in [5.41, 5.74) is 12.9. The Labute approximate surface area is 599 Å². The lowest BCUT2D eigenvalue weighted by atomic mass is 9.97. The summed E-state index contributed by atoms with van der Waals surface area (Å²) in [6, 6.07) is 0. The first-order valence-electron chi connectivity index (χ1n) is 39.6. The van der Waals surface area contributed by atoms with Crippen molar-refractivity contribution in [3.63, 3.8) is 0 Å². The van der Waals surface area contributed by atoms with Gasteiger partial charge in [-0.3, -0.25) is 34.6 Å². The largest absolute Gasteiger partial charge is 0.312 e. The summed E-state index contributed by atoms with van der Waals surface area (Å²) in [5, 5.41) is 0. The smallest absolute Gasteiger partial charge is 0.173 e.